The maximum Gasteiger partial charge on any atom is 0.255 e. The van der Waals surface area contributed by atoms with E-state index in [0.29, 0.717) is 23.2 Å². The van der Waals surface area contributed by atoms with Crippen LogP contribution in [0.5, 0.6) is 0 Å². The van der Waals surface area contributed by atoms with Crippen molar-refractivity contribution in [3.63, 3.8) is 0 Å². The zero-order valence-corrected chi connectivity index (χ0v) is 15.4. The number of hydrogen-bond acceptors (Lipinski definition) is 5. The van der Waals surface area contributed by atoms with Crippen LogP contribution in [0.3, 0.4) is 0 Å². The number of rotatable bonds is 7. The first-order valence-electron chi connectivity index (χ1n) is 9.08. The molecule has 7 nitrogen and oxygen atoms in total. The minimum absolute atomic E-state index is 0.0374. The van der Waals surface area contributed by atoms with Crippen molar-refractivity contribution in [2.45, 2.75) is 25.4 Å². The van der Waals surface area contributed by atoms with Crippen molar-refractivity contribution in [2.24, 2.45) is 5.73 Å². The molecule has 1 amide bonds. The highest BCUT2D eigenvalue weighted by molar-refractivity contribution is 6.05. The summed E-state index contributed by atoms with van der Waals surface area (Å²) in [6.07, 6.45) is 2.25. The lowest BCUT2D eigenvalue weighted by atomic mass is 9.89. The lowest BCUT2D eigenvalue weighted by Gasteiger charge is -2.25. The molecule has 0 bridgehead atoms. The number of aliphatic hydroxyl groups is 1. The third kappa shape index (κ3) is 4.82. The van der Waals surface area contributed by atoms with E-state index in [2.05, 4.69) is 5.32 Å². The lowest BCUT2D eigenvalue weighted by Crippen LogP contribution is -2.26. The fraction of sp³-hybridized carbons (Fsp3) is 0.286. The summed E-state index contributed by atoms with van der Waals surface area (Å²) in [5.41, 5.74) is 9.49. The van der Waals surface area contributed by atoms with E-state index < -0.39 is 6.61 Å². The number of nitrogen functional groups attached to an aromatic ring is 1. The van der Waals surface area contributed by atoms with E-state index in [9.17, 15) is 9.59 Å². The number of ether oxygens (including phenoxy) is 1. The van der Waals surface area contributed by atoms with E-state index in [-0.39, 0.29) is 30.2 Å². The van der Waals surface area contributed by atoms with Crippen molar-refractivity contribution in [1.29, 1.82) is 5.41 Å². The van der Waals surface area contributed by atoms with E-state index in [1.165, 1.54) is 0 Å². The van der Waals surface area contributed by atoms with Crippen LogP contribution in [0.4, 0.5) is 5.69 Å². The molecule has 0 fully saturated rings. The lowest BCUT2D eigenvalue weighted by molar-refractivity contribution is -0.128. The van der Waals surface area contributed by atoms with E-state index in [1.807, 2.05) is 18.2 Å². The number of hydrogen-bond donors (Lipinski definition) is 4. The van der Waals surface area contributed by atoms with Gasteiger partial charge in [-0.3, -0.25) is 15.0 Å². The van der Waals surface area contributed by atoms with Crippen molar-refractivity contribution in [3.8, 4) is 0 Å². The van der Waals surface area contributed by atoms with Gasteiger partial charge in [-0.1, -0.05) is 18.2 Å². The van der Waals surface area contributed by atoms with Gasteiger partial charge >= 0.3 is 0 Å². The Balaban J connectivity index is 1.62. The van der Waals surface area contributed by atoms with Gasteiger partial charge in [-0.05, 0) is 54.7 Å². The summed E-state index contributed by atoms with van der Waals surface area (Å²) >= 11 is 0. The van der Waals surface area contributed by atoms with Crippen LogP contribution in [0.1, 0.15) is 33.5 Å². The van der Waals surface area contributed by atoms with Crippen LogP contribution in [0.2, 0.25) is 0 Å². The predicted molar refractivity (Wildman–Crippen MR) is 106 cm³/mol. The maximum absolute atomic E-state index is 12.4. The number of carbonyl (C=O) groups is 2. The van der Waals surface area contributed by atoms with Gasteiger partial charge in [0.15, 0.2) is 5.78 Å². The molecule has 1 aliphatic carbocycles. The number of ketones is 1. The van der Waals surface area contributed by atoms with Gasteiger partial charge in [0.2, 0.25) is 0 Å². The quantitative estimate of drug-likeness (QED) is 0.429. The molecular weight excluding hydrogens is 358 g/mol. The first kappa shape index (κ1) is 19.7. The minimum Gasteiger partial charge on any atom is -0.388 e. The van der Waals surface area contributed by atoms with Gasteiger partial charge in [-0.25, -0.2) is 0 Å². The molecule has 7 heteroatoms. The second kappa shape index (κ2) is 8.77. The average molecular weight is 381 g/mol. The number of amides is 1. The van der Waals surface area contributed by atoms with Crippen LogP contribution >= 0.6 is 0 Å². The number of aliphatic hydroxyl groups excluding tert-OH is 1. The largest absolute Gasteiger partial charge is 0.388 e. The summed E-state index contributed by atoms with van der Waals surface area (Å²) in [6, 6.07) is 12.3. The number of Topliss-reactive ketones (excluding diaryl/α,β-unsaturated/α-hetero) is 1. The summed E-state index contributed by atoms with van der Waals surface area (Å²) < 4.78 is 5.57. The van der Waals surface area contributed by atoms with E-state index in [0.717, 1.165) is 24.0 Å². The van der Waals surface area contributed by atoms with Gasteiger partial charge in [0.25, 0.3) is 5.91 Å². The molecule has 2 aromatic carbocycles. The van der Waals surface area contributed by atoms with Gasteiger partial charge in [-0.15, -0.1) is 0 Å². The van der Waals surface area contributed by atoms with Crippen molar-refractivity contribution in [3.05, 3.63) is 64.7 Å². The standard InChI is InChI=1S/C21H23N3O4/c22-20(23)13-1-3-14(4-2-13)21(27)24-17-7-5-16-10-19(8-6-15(16)9-17)28-12-18(26)11-25/h1-5,7,9,19,25H,6,8,10-12H2,(H3,22,23)(H,24,27). The number of amidine groups is 1. The topological polar surface area (TPSA) is 126 Å². The molecule has 28 heavy (non-hydrogen) atoms. The SMILES string of the molecule is N=C(N)c1ccc(C(=O)Nc2ccc3c(c2)CCC(OCC(=O)CO)C3)cc1. The highest BCUT2D eigenvalue weighted by Gasteiger charge is 2.20. The molecule has 0 spiro atoms. The molecule has 0 aliphatic heterocycles. The Morgan fingerprint density at radius 3 is 2.54 bits per heavy atom. The third-order valence-corrected chi connectivity index (χ3v) is 4.76. The van der Waals surface area contributed by atoms with Crippen LogP contribution in [0, 0.1) is 5.41 Å². The van der Waals surface area contributed by atoms with Crippen LogP contribution < -0.4 is 11.1 Å². The number of carbonyl (C=O) groups excluding carboxylic acids is 2. The number of anilines is 1. The van der Waals surface area contributed by atoms with E-state index >= 15 is 0 Å². The Morgan fingerprint density at radius 2 is 1.86 bits per heavy atom. The van der Waals surface area contributed by atoms with Crippen LogP contribution in [0.15, 0.2) is 42.5 Å². The summed E-state index contributed by atoms with van der Waals surface area (Å²) in [5.74, 6) is -0.584. The monoisotopic (exact) mass is 381 g/mol. The van der Waals surface area contributed by atoms with Gasteiger partial charge in [0, 0.05) is 16.8 Å². The van der Waals surface area contributed by atoms with Gasteiger partial charge < -0.3 is 20.9 Å². The zero-order chi connectivity index (χ0) is 20.1. The van der Waals surface area contributed by atoms with Crippen LogP contribution in [-0.2, 0) is 22.4 Å². The van der Waals surface area contributed by atoms with Crippen molar-refractivity contribution < 1.29 is 19.4 Å². The fourth-order valence-corrected chi connectivity index (χ4v) is 3.20. The van der Waals surface area contributed by atoms with Crippen LogP contribution in [0.25, 0.3) is 0 Å². The van der Waals surface area contributed by atoms with Crippen molar-refractivity contribution in [2.75, 3.05) is 18.5 Å². The number of benzene rings is 2. The minimum atomic E-state index is -0.496. The second-order valence-electron chi connectivity index (χ2n) is 6.80. The van der Waals surface area contributed by atoms with E-state index in [1.54, 1.807) is 24.3 Å². The van der Waals surface area contributed by atoms with Gasteiger partial charge in [0.05, 0.1) is 6.10 Å². The first-order chi connectivity index (χ1) is 13.5. The predicted octanol–water partition coefficient (Wildman–Crippen LogP) is 1.66. The zero-order valence-electron chi connectivity index (χ0n) is 15.4. The Labute approximate surface area is 163 Å². The Morgan fingerprint density at radius 1 is 1.14 bits per heavy atom. The van der Waals surface area contributed by atoms with Crippen LogP contribution in [-0.4, -0.2) is 42.0 Å². The Hall–Kier alpha value is -3.03. The summed E-state index contributed by atoms with van der Waals surface area (Å²) in [6.45, 7) is -0.559. The Kier molecular flexibility index (Phi) is 6.18. The maximum atomic E-state index is 12.4. The van der Waals surface area contributed by atoms with Gasteiger partial charge in [-0.2, -0.15) is 0 Å². The van der Waals surface area contributed by atoms with Crippen molar-refractivity contribution >= 4 is 23.2 Å². The number of nitrogens with two attached hydrogens (primary N) is 1. The van der Waals surface area contributed by atoms with Gasteiger partial charge in [0.1, 0.15) is 19.0 Å². The number of aryl methyl sites for hydroxylation is 1. The number of fused-ring (bicyclic) bond motifs is 1. The fourth-order valence-electron chi connectivity index (χ4n) is 3.20. The molecule has 0 heterocycles. The molecule has 3 rings (SSSR count). The van der Waals surface area contributed by atoms with E-state index in [4.69, 9.17) is 21.0 Å². The molecule has 0 saturated heterocycles. The normalized spacial score (nSPS) is 15.5. The molecule has 1 atom stereocenters. The summed E-state index contributed by atoms with van der Waals surface area (Å²) in [7, 11) is 0. The highest BCUT2D eigenvalue weighted by Crippen LogP contribution is 2.26. The Bertz CT molecular complexity index is 893. The first-order valence-corrected chi connectivity index (χ1v) is 9.08. The molecule has 1 unspecified atom stereocenters. The third-order valence-electron chi connectivity index (χ3n) is 4.76. The molecule has 0 radical (unpaired) electrons. The molecule has 2 aromatic rings. The second-order valence-corrected chi connectivity index (χ2v) is 6.80. The molecule has 0 aromatic heterocycles. The summed E-state index contributed by atoms with van der Waals surface area (Å²) in [4.78, 5) is 23.6. The summed E-state index contributed by atoms with van der Waals surface area (Å²) in [5, 5.41) is 19.0. The average Bonchev–Trinajstić information content (AvgIpc) is 2.71. The highest BCUT2D eigenvalue weighted by atomic mass is 16.5. The smallest absolute Gasteiger partial charge is 0.255 e. The molecule has 146 valence electrons. The molecule has 0 saturated carbocycles. The molecular formula is C21H23N3O4. The van der Waals surface area contributed by atoms with Crippen molar-refractivity contribution in [1.82, 2.24) is 0 Å². The number of nitrogens with one attached hydrogen (secondary N) is 2. The molecule has 1 aliphatic rings. The molecule has 5 N–H and O–H groups in total.